The number of nitrogens with one attached hydrogen (secondary N) is 1. The molecule has 0 saturated carbocycles. The van der Waals surface area contributed by atoms with Crippen molar-refractivity contribution in [3.63, 3.8) is 0 Å². The lowest BCUT2D eigenvalue weighted by Crippen LogP contribution is -2.31. The summed E-state index contributed by atoms with van der Waals surface area (Å²) in [5.41, 5.74) is 3.58. The van der Waals surface area contributed by atoms with Gasteiger partial charge in [-0.3, -0.25) is 15.1 Å². The molecule has 1 amide bonds. The number of furan rings is 1. The quantitative estimate of drug-likeness (QED) is 0.506. The number of hydrazine groups is 1. The van der Waals surface area contributed by atoms with Gasteiger partial charge in [0, 0.05) is 11.1 Å². The fourth-order valence-corrected chi connectivity index (χ4v) is 2.45. The Hall–Kier alpha value is -1.82. The SMILES string of the molecule is CC(c1ccccc1Cl)N(C)Cc1occc1C(=O)NN. The Morgan fingerprint density at radius 2 is 2.14 bits per heavy atom. The number of halogens is 1. The van der Waals surface area contributed by atoms with Crippen molar-refractivity contribution in [2.45, 2.75) is 19.5 Å². The van der Waals surface area contributed by atoms with E-state index < -0.39 is 0 Å². The number of benzene rings is 1. The van der Waals surface area contributed by atoms with E-state index in [9.17, 15) is 4.79 Å². The summed E-state index contributed by atoms with van der Waals surface area (Å²) in [6.45, 7) is 2.52. The van der Waals surface area contributed by atoms with Crippen LogP contribution in [0, 0.1) is 0 Å². The van der Waals surface area contributed by atoms with Crippen molar-refractivity contribution in [1.82, 2.24) is 10.3 Å². The van der Waals surface area contributed by atoms with Crippen LogP contribution in [0.15, 0.2) is 41.0 Å². The van der Waals surface area contributed by atoms with Crippen LogP contribution in [0.1, 0.15) is 34.6 Å². The normalized spacial score (nSPS) is 12.4. The average molecular weight is 308 g/mol. The molecule has 21 heavy (non-hydrogen) atoms. The fourth-order valence-electron chi connectivity index (χ4n) is 2.16. The number of rotatable bonds is 5. The standard InChI is InChI=1S/C15H18ClN3O2/c1-10(11-5-3-4-6-13(11)16)19(2)9-14-12(7-8-21-14)15(20)18-17/h3-8,10H,9,17H2,1-2H3,(H,18,20). The van der Waals surface area contributed by atoms with Crippen LogP contribution in [0.2, 0.25) is 5.02 Å². The molecular formula is C15H18ClN3O2. The highest BCUT2D eigenvalue weighted by Gasteiger charge is 2.19. The second kappa shape index (κ2) is 6.76. The Bertz CT molecular complexity index is 627. The molecule has 0 fully saturated rings. The van der Waals surface area contributed by atoms with Crippen LogP contribution < -0.4 is 11.3 Å². The number of hydrogen-bond donors (Lipinski definition) is 2. The molecule has 1 aromatic heterocycles. The van der Waals surface area contributed by atoms with Crippen LogP contribution in [0.3, 0.4) is 0 Å². The van der Waals surface area contributed by atoms with Crippen molar-refractivity contribution in [3.05, 3.63) is 58.5 Å². The summed E-state index contributed by atoms with van der Waals surface area (Å²) in [6, 6.07) is 9.38. The molecule has 1 heterocycles. The molecule has 0 radical (unpaired) electrons. The molecule has 1 atom stereocenters. The molecule has 6 heteroatoms. The highest BCUT2D eigenvalue weighted by molar-refractivity contribution is 6.31. The van der Waals surface area contributed by atoms with E-state index in [2.05, 4.69) is 5.43 Å². The predicted molar refractivity (Wildman–Crippen MR) is 81.7 cm³/mol. The van der Waals surface area contributed by atoms with Gasteiger partial charge in [-0.25, -0.2) is 5.84 Å². The van der Waals surface area contributed by atoms with E-state index in [1.165, 1.54) is 6.26 Å². The van der Waals surface area contributed by atoms with Crippen molar-refractivity contribution in [2.75, 3.05) is 7.05 Å². The van der Waals surface area contributed by atoms with E-state index in [0.29, 0.717) is 17.9 Å². The minimum atomic E-state index is -0.363. The number of amides is 1. The van der Waals surface area contributed by atoms with Crippen LogP contribution in [0.4, 0.5) is 0 Å². The van der Waals surface area contributed by atoms with E-state index in [1.54, 1.807) is 6.07 Å². The van der Waals surface area contributed by atoms with Crippen molar-refractivity contribution < 1.29 is 9.21 Å². The summed E-state index contributed by atoms with van der Waals surface area (Å²) in [4.78, 5) is 13.7. The lowest BCUT2D eigenvalue weighted by atomic mass is 10.1. The second-order valence-corrected chi connectivity index (χ2v) is 5.25. The number of hydrogen-bond acceptors (Lipinski definition) is 4. The van der Waals surface area contributed by atoms with Gasteiger partial charge in [-0.1, -0.05) is 29.8 Å². The Morgan fingerprint density at radius 1 is 1.43 bits per heavy atom. The zero-order valence-corrected chi connectivity index (χ0v) is 12.7. The summed E-state index contributed by atoms with van der Waals surface area (Å²) in [5, 5.41) is 0.719. The van der Waals surface area contributed by atoms with Crippen LogP contribution in [0.5, 0.6) is 0 Å². The van der Waals surface area contributed by atoms with Crippen LogP contribution >= 0.6 is 11.6 Å². The molecule has 0 aliphatic heterocycles. The maximum atomic E-state index is 11.6. The van der Waals surface area contributed by atoms with Crippen LogP contribution in [-0.2, 0) is 6.54 Å². The monoisotopic (exact) mass is 307 g/mol. The van der Waals surface area contributed by atoms with Gasteiger partial charge in [-0.05, 0) is 31.7 Å². The summed E-state index contributed by atoms with van der Waals surface area (Å²) in [5.74, 6) is 5.37. The number of nitrogens with two attached hydrogens (primary N) is 1. The lowest BCUT2D eigenvalue weighted by molar-refractivity contribution is 0.0949. The Kier molecular flexibility index (Phi) is 5.01. The lowest BCUT2D eigenvalue weighted by Gasteiger charge is -2.25. The number of nitrogen functional groups attached to an aromatic ring is 1. The van der Waals surface area contributed by atoms with Crippen LogP contribution in [0.25, 0.3) is 0 Å². The van der Waals surface area contributed by atoms with Crippen molar-refractivity contribution in [1.29, 1.82) is 0 Å². The first kappa shape index (κ1) is 15.6. The minimum absolute atomic E-state index is 0.0811. The first-order valence-electron chi connectivity index (χ1n) is 6.56. The molecule has 112 valence electrons. The van der Waals surface area contributed by atoms with Crippen molar-refractivity contribution in [2.24, 2.45) is 5.84 Å². The summed E-state index contributed by atoms with van der Waals surface area (Å²) < 4.78 is 5.38. The van der Waals surface area contributed by atoms with E-state index in [0.717, 1.165) is 10.6 Å². The third-order valence-corrected chi connectivity index (χ3v) is 3.87. The largest absolute Gasteiger partial charge is 0.467 e. The topological polar surface area (TPSA) is 71.5 Å². The molecular weight excluding hydrogens is 290 g/mol. The van der Waals surface area contributed by atoms with Gasteiger partial charge in [0.2, 0.25) is 0 Å². The van der Waals surface area contributed by atoms with Gasteiger partial charge in [0.1, 0.15) is 5.76 Å². The van der Waals surface area contributed by atoms with Crippen molar-refractivity contribution in [3.8, 4) is 0 Å². The maximum Gasteiger partial charge on any atom is 0.268 e. The number of carbonyl (C=O) groups excluding carboxylic acids is 1. The summed E-state index contributed by atoms with van der Waals surface area (Å²) in [7, 11) is 1.95. The zero-order valence-electron chi connectivity index (χ0n) is 12.0. The highest BCUT2D eigenvalue weighted by atomic mass is 35.5. The van der Waals surface area contributed by atoms with Gasteiger partial charge in [0.05, 0.1) is 18.4 Å². The van der Waals surface area contributed by atoms with Gasteiger partial charge < -0.3 is 4.42 Å². The van der Waals surface area contributed by atoms with Crippen molar-refractivity contribution >= 4 is 17.5 Å². The molecule has 0 bridgehead atoms. The van der Waals surface area contributed by atoms with E-state index in [-0.39, 0.29) is 11.9 Å². The average Bonchev–Trinajstić information content (AvgIpc) is 2.94. The molecule has 2 rings (SSSR count). The minimum Gasteiger partial charge on any atom is -0.467 e. The molecule has 1 aromatic carbocycles. The second-order valence-electron chi connectivity index (χ2n) is 4.84. The molecule has 0 saturated heterocycles. The predicted octanol–water partition coefficient (Wildman–Crippen LogP) is 2.73. The molecule has 3 N–H and O–H groups in total. The first-order valence-corrected chi connectivity index (χ1v) is 6.94. The molecule has 1 unspecified atom stereocenters. The van der Waals surface area contributed by atoms with Gasteiger partial charge in [-0.15, -0.1) is 0 Å². The molecule has 0 spiro atoms. The highest BCUT2D eigenvalue weighted by Crippen LogP contribution is 2.27. The maximum absolute atomic E-state index is 11.6. The van der Waals surface area contributed by atoms with Gasteiger partial charge >= 0.3 is 0 Å². The van der Waals surface area contributed by atoms with E-state index >= 15 is 0 Å². The van der Waals surface area contributed by atoms with Gasteiger partial charge in [-0.2, -0.15) is 0 Å². The number of nitrogens with zero attached hydrogens (tertiary/aromatic N) is 1. The third kappa shape index (κ3) is 3.44. The third-order valence-electron chi connectivity index (χ3n) is 3.53. The molecule has 0 aliphatic carbocycles. The fraction of sp³-hybridized carbons (Fsp3) is 0.267. The van der Waals surface area contributed by atoms with E-state index in [4.69, 9.17) is 21.9 Å². The first-order chi connectivity index (χ1) is 10.0. The smallest absolute Gasteiger partial charge is 0.268 e. The van der Waals surface area contributed by atoms with E-state index in [1.807, 2.05) is 43.1 Å². The Balaban J connectivity index is 2.15. The molecule has 5 nitrogen and oxygen atoms in total. The summed E-state index contributed by atoms with van der Waals surface area (Å²) in [6.07, 6.45) is 1.48. The van der Waals surface area contributed by atoms with Crippen LogP contribution in [-0.4, -0.2) is 17.9 Å². The Labute approximate surface area is 128 Å². The van der Waals surface area contributed by atoms with Gasteiger partial charge in [0.25, 0.3) is 5.91 Å². The van der Waals surface area contributed by atoms with Gasteiger partial charge in [0.15, 0.2) is 0 Å². The Morgan fingerprint density at radius 3 is 2.81 bits per heavy atom. The molecule has 0 aliphatic rings. The molecule has 2 aromatic rings. The number of carbonyl (C=O) groups is 1. The zero-order chi connectivity index (χ0) is 15.4. The summed E-state index contributed by atoms with van der Waals surface area (Å²) >= 11 is 6.22.